The van der Waals surface area contributed by atoms with Crippen LogP contribution < -0.4 is 5.32 Å². The third kappa shape index (κ3) is 2.86. The van der Waals surface area contributed by atoms with Gasteiger partial charge >= 0.3 is 0 Å². The van der Waals surface area contributed by atoms with Crippen LogP contribution in [0, 0.1) is 0 Å². The van der Waals surface area contributed by atoms with E-state index >= 15 is 0 Å². The van der Waals surface area contributed by atoms with Crippen LogP contribution in [-0.4, -0.2) is 6.61 Å². The second-order valence-electron chi connectivity index (χ2n) is 6.16. The average molecular weight is 327 g/mol. The van der Waals surface area contributed by atoms with Gasteiger partial charge in [0.05, 0.1) is 0 Å². The van der Waals surface area contributed by atoms with Gasteiger partial charge in [0.15, 0.2) is 0 Å². The predicted octanol–water partition coefficient (Wildman–Crippen LogP) is 6.33. The molecule has 0 saturated heterocycles. The maximum atomic E-state index is 6.00. The Bertz CT molecular complexity index is 954. The second-order valence-corrected chi connectivity index (χ2v) is 6.16. The molecule has 3 aromatic rings. The number of hydrogen-bond donors (Lipinski definition) is 1. The first kappa shape index (κ1) is 15.7. The van der Waals surface area contributed by atoms with Gasteiger partial charge in [-0.05, 0) is 47.0 Å². The molecule has 0 spiro atoms. The van der Waals surface area contributed by atoms with Crippen molar-refractivity contribution in [2.75, 3.05) is 11.9 Å². The molecule has 0 radical (unpaired) electrons. The first-order valence-electron chi connectivity index (χ1n) is 8.65. The summed E-state index contributed by atoms with van der Waals surface area (Å²) in [6.07, 6.45) is 6.13. The number of rotatable bonds is 5. The van der Waals surface area contributed by atoms with Crippen LogP contribution in [0.3, 0.4) is 0 Å². The van der Waals surface area contributed by atoms with E-state index in [-0.39, 0.29) is 6.10 Å². The van der Waals surface area contributed by atoms with Gasteiger partial charge in [-0.1, -0.05) is 61.2 Å². The summed E-state index contributed by atoms with van der Waals surface area (Å²) in [5.74, 6) is 0. The Morgan fingerprint density at radius 2 is 1.92 bits per heavy atom. The molecule has 0 aromatic heterocycles. The fourth-order valence-electron chi connectivity index (χ4n) is 3.44. The Kier molecular flexibility index (Phi) is 4.12. The van der Waals surface area contributed by atoms with Crippen molar-refractivity contribution >= 4 is 34.3 Å². The van der Waals surface area contributed by atoms with Crippen molar-refractivity contribution in [3.8, 4) is 0 Å². The van der Waals surface area contributed by atoms with Gasteiger partial charge in [0.1, 0.15) is 6.10 Å². The minimum Gasteiger partial charge on any atom is -0.370 e. The first-order valence-corrected chi connectivity index (χ1v) is 8.65. The van der Waals surface area contributed by atoms with E-state index in [1.807, 2.05) is 13.0 Å². The molecule has 3 aromatic carbocycles. The molecule has 1 N–H and O–H groups in total. The molecule has 0 heterocycles. The topological polar surface area (TPSA) is 21.3 Å². The third-order valence-electron chi connectivity index (χ3n) is 4.62. The Morgan fingerprint density at radius 3 is 2.68 bits per heavy atom. The summed E-state index contributed by atoms with van der Waals surface area (Å²) < 4.78 is 6.00. The van der Waals surface area contributed by atoms with Crippen LogP contribution in [0.4, 0.5) is 11.4 Å². The summed E-state index contributed by atoms with van der Waals surface area (Å²) in [4.78, 5) is 0. The van der Waals surface area contributed by atoms with E-state index in [2.05, 4.69) is 78.6 Å². The Hall–Kier alpha value is -2.84. The van der Waals surface area contributed by atoms with E-state index in [4.69, 9.17) is 4.74 Å². The van der Waals surface area contributed by atoms with E-state index in [1.165, 1.54) is 21.9 Å². The molecule has 1 atom stereocenters. The number of nitrogens with one attached hydrogen (secondary N) is 1. The molecule has 0 amide bonds. The van der Waals surface area contributed by atoms with Gasteiger partial charge in [-0.15, -0.1) is 0 Å². The van der Waals surface area contributed by atoms with Crippen LogP contribution in [0.1, 0.15) is 29.7 Å². The number of anilines is 2. The predicted molar refractivity (Wildman–Crippen MR) is 107 cm³/mol. The maximum absolute atomic E-state index is 6.00. The fourth-order valence-corrected chi connectivity index (χ4v) is 3.44. The van der Waals surface area contributed by atoms with Gasteiger partial charge in [-0.3, -0.25) is 0 Å². The summed E-state index contributed by atoms with van der Waals surface area (Å²) in [7, 11) is 0. The average Bonchev–Trinajstić information content (AvgIpc) is 2.66. The summed E-state index contributed by atoms with van der Waals surface area (Å²) >= 11 is 0. The van der Waals surface area contributed by atoms with Crippen LogP contribution in [-0.2, 0) is 4.74 Å². The van der Waals surface area contributed by atoms with Gasteiger partial charge in [0.25, 0.3) is 0 Å². The SMILES string of the molecule is C=Cc1ccc(Nc2ccc3cccc4c3c2C(OCC)C=C4)cc1. The molecule has 1 aliphatic carbocycles. The van der Waals surface area contributed by atoms with Crippen molar-refractivity contribution in [2.24, 2.45) is 0 Å². The minimum atomic E-state index is -0.0291. The Morgan fingerprint density at radius 1 is 1.08 bits per heavy atom. The largest absolute Gasteiger partial charge is 0.370 e. The van der Waals surface area contributed by atoms with Gasteiger partial charge in [-0.25, -0.2) is 0 Å². The molecule has 1 aliphatic rings. The zero-order valence-corrected chi connectivity index (χ0v) is 14.3. The molecule has 0 saturated carbocycles. The van der Waals surface area contributed by atoms with Crippen LogP contribution in [0.25, 0.3) is 22.9 Å². The number of benzene rings is 3. The lowest BCUT2D eigenvalue weighted by Crippen LogP contribution is -2.09. The Labute approximate surface area is 148 Å². The van der Waals surface area contributed by atoms with Crippen molar-refractivity contribution in [2.45, 2.75) is 13.0 Å². The summed E-state index contributed by atoms with van der Waals surface area (Å²) in [5, 5.41) is 6.09. The zero-order valence-electron chi connectivity index (χ0n) is 14.3. The highest BCUT2D eigenvalue weighted by Crippen LogP contribution is 2.40. The standard InChI is InChI=1S/C23H21NO/c1-3-16-8-12-19(13-9-16)24-20-14-10-17-6-5-7-18-11-15-21(25-4-2)23(20)22(17)18/h3,5-15,21,24H,1,4H2,2H3. The minimum absolute atomic E-state index is 0.0291. The zero-order chi connectivity index (χ0) is 17.2. The molecule has 0 fully saturated rings. The van der Waals surface area contributed by atoms with E-state index in [1.54, 1.807) is 0 Å². The van der Waals surface area contributed by atoms with Gasteiger partial charge < -0.3 is 10.1 Å². The molecule has 2 heteroatoms. The van der Waals surface area contributed by atoms with Crippen molar-refractivity contribution in [3.05, 3.63) is 83.9 Å². The molecule has 0 aliphatic heterocycles. The quantitative estimate of drug-likeness (QED) is 0.591. The second kappa shape index (κ2) is 6.58. The summed E-state index contributed by atoms with van der Waals surface area (Å²) in [6, 6.07) is 19.0. The lowest BCUT2D eigenvalue weighted by Gasteiger charge is -2.25. The maximum Gasteiger partial charge on any atom is 0.104 e. The van der Waals surface area contributed by atoms with E-state index in [0.717, 1.165) is 16.9 Å². The molecular weight excluding hydrogens is 306 g/mol. The normalized spacial score (nSPS) is 15.3. The van der Waals surface area contributed by atoms with Crippen LogP contribution in [0.5, 0.6) is 0 Å². The Balaban J connectivity index is 1.83. The van der Waals surface area contributed by atoms with Gasteiger partial charge in [0.2, 0.25) is 0 Å². The fraction of sp³-hybridized carbons (Fsp3) is 0.130. The first-order chi connectivity index (χ1) is 12.3. The monoisotopic (exact) mass is 327 g/mol. The van der Waals surface area contributed by atoms with Crippen molar-refractivity contribution in [1.29, 1.82) is 0 Å². The van der Waals surface area contributed by atoms with Gasteiger partial charge in [-0.2, -0.15) is 0 Å². The van der Waals surface area contributed by atoms with Crippen molar-refractivity contribution in [1.82, 2.24) is 0 Å². The lowest BCUT2D eigenvalue weighted by molar-refractivity contribution is 0.0984. The number of ether oxygens (including phenoxy) is 1. The molecular formula is C23H21NO. The molecule has 25 heavy (non-hydrogen) atoms. The van der Waals surface area contributed by atoms with Crippen molar-refractivity contribution < 1.29 is 4.74 Å². The lowest BCUT2D eigenvalue weighted by atomic mass is 9.90. The number of hydrogen-bond acceptors (Lipinski definition) is 2. The summed E-state index contributed by atoms with van der Waals surface area (Å²) in [5.41, 5.74) is 5.72. The molecule has 124 valence electrons. The molecule has 0 bridgehead atoms. The van der Waals surface area contributed by atoms with Crippen molar-refractivity contribution in [3.63, 3.8) is 0 Å². The van der Waals surface area contributed by atoms with E-state index in [9.17, 15) is 0 Å². The molecule has 4 rings (SSSR count). The van der Waals surface area contributed by atoms with Crippen LogP contribution >= 0.6 is 0 Å². The highest BCUT2D eigenvalue weighted by molar-refractivity contribution is 5.99. The summed E-state index contributed by atoms with van der Waals surface area (Å²) in [6.45, 7) is 6.53. The van der Waals surface area contributed by atoms with Gasteiger partial charge in [0, 0.05) is 23.5 Å². The van der Waals surface area contributed by atoms with Crippen LogP contribution in [0.15, 0.2) is 67.3 Å². The van der Waals surface area contributed by atoms with E-state index in [0.29, 0.717) is 6.61 Å². The third-order valence-corrected chi connectivity index (χ3v) is 4.62. The van der Waals surface area contributed by atoms with E-state index < -0.39 is 0 Å². The molecule has 2 nitrogen and oxygen atoms in total. The highest BCUT2D eigenvalue weighted by Gasteiger charge is 2.21. The molecule has 1 unspecified atom stereocenters. The smallest absolute Gasteiger partial charge is 0.104 e. The highest BCUT2D eigenvalue weighted by atomic mass is 16.5. The van der Waals surface area contributed by atoms with Crippen LogP contribution in [0.2, 0.25) is 0 Å².